The molecule has 0 fully saturated rings. The van der Waals surface area contributed by atoms with Gasteiger partial charge in [-0.25, -0.2) is 0 Å². The van der Waals surface area contributed by atoms with Crippen LogP contribution in [0, 0.1) is 13.8 Å². The number of hydrogen-bond acceptors (Lipinski definition) is 2. The standard InChI is InChI=1S/C15H19ClN4S/c1-11-5-3-6-13(9-11)19-15(21)17-7-4-8-20-12(2)14(16)10-18-20/h3,5-6,9-10H,4,7-8H2,1-2H3,(H2,17,19,21). The van der Waals surface area contributed by atoms with E-state index in [1.807, 2.05) is 23.7 Å². The lowest BCUT2D eigenvalue weighted by atomic mass is 10.2. The molecule has 6 heteroatoms. The molecule has 0 radical (unpaired) electrons. The number of nitrogens with one attached hydrogen (secondary N) is 2. The smallest absolute Gasteiger partial charge is 0.170 e. The monoisotopic (exact) mass is 322 g/mol. The number of halogens is 1. The summed E-state index contributed by atoms with van der Waals surface area (Å²) in [6, 6.07) is 8.11. The van der Waals surface area contributed by atoms with Gasteiger partial charge in [-0.1, -0.05) is 23.7 Å². The van der Waals surface area contributed by atoms with E-state index in [2.05, 4.69) is 34.8 Å². The molecule has 1 aromatic carbocycles. The van der Waals surface area contributed by atoms with Crippen molar-refractivity contribution in [3.8, 4) is 0 Å². The second kappa shape index (κ2) is 7.43. The van der Waals surface area contributed by atoms with Crippen LogP contribution in [-0.4, -0.2) is 21.4 Å². The minimum Gasteiger partial charge on any atom is -0.362 e. The molecule has 2 N–H and O–H groups in total. The third-order valence-electron chi connectivity index (χ3n) is 3.15. The number of anilines is 1. The Hall–Kier alpha value is -1.59. The summed E-state index contributed by atoms with van der Waals surface area (Å²) in [7, 11) is 0. The lowest BCUT2D eigenvalue weighted by Crippen LogP contribution is -2.29. The number of thiocarbonyl (C=S) groups is 1. The first-order valence-corrected chi connectivity index (χ1v) is 7.64. The summed E-state index contributed by atoms with van der Waals surface area (Å²) < 4.78 is 1.90. The molecule has 0 saturated carbocycles. The van der Waals surface area contributed by atoms with Crippen molar-refractivity contribution >= 4 is 34.6 Å². The summed E-state index contributed by atoms with van der Waals surface area (Å²) in [5, 5.41) is 11.9. The van der Waals surface area contributed by atoms with E-state index in [4.69, 9.17) is 23.8 Å². The van der Waals surface area contributed by atoms with E-state index in [9.17, 15) is 0 Å². The van der Waals surface area contributed by atoms with Crippen LogP contribution >= 0.6 is 23.8 Å². The zero-order valence-electron chi connectivity index (χ0n) is 12.2. The van der Waals surface area contributed by atoms with E-state index in [1.54, 1.807) is 6.20 Å². The minimum absolute atomic E-state index is 0.635. The zero-order valence-corrected chi connectivity index (χ0v) is 13.8. The molecule has 4 nitrogen and oxygen atoms in total. The molecule has 0 aliphatic carbocycles. The molecule has 21 heavy (non-hydrogen) atoms. The third kappa shape index (κ3) is 4.72. The van der Waals surface area contributed by atoms with Crippen molar-refractivity contribution in [2.45, 2.75) is 26.8 Å². The Kier molecular flexibility index (Phi) is 5.59. The number of aromatic nitrogens is 2. The fourth-order valence-electron chi connectivity index (χ4n) is 1.98. The SMILES string of the molecule is Cc1cccc(NC(=S)NCCCn2ncc(Cl)c2C)c1. The summed E-state index contributed by atoms with van der Waals surface area (Å²) in [6.07, 6.45) is 2.60. The molecule has 0 amide bonds. The van der Waals surface area contributed by atoms with Gasteiger partial charge in [-0.2, -0.15) is 5.10 Å². The number of benzene rings is 1. The van der Waals surface area contributed by atoms with Crippen LogP contribution in [0.1, 0.15) is 17.7 Å². The van der Waals surface area contributed by atoms with E-state index in [0.29, 0.717) is 10.1 Å². The van der Waals surface area contributed by atoms with Crippen molar-refractivity contribution in [1.82, 2.24) is 15.1 Å². The van der Waals surface area contributed by atoms with E-state index < -0.39 is 0 Å². The highest BCUT2D eigenvalue weighted by molar-refractivity contribution is 7.80. The Labute approximate surface area is 135 Å². The summed E-state index contributed by atoms with van der Waals surface area (Å²) in [6.45, 7) is 5.62. The molecule has 0 aliphatic rings. The van der Waals surface area contributed by atoms with Gasteiger partial charge in [-0.05, 0) is 50.2 Å². The first-order valence-electron chi connectivity index (χ1n) is 6.85. The van der Waals surface area contributed by atoms with E-state index in [0.717, 1.165) is 30.9 Å². The maximum absolute atomic E-state index is 5.97. The molecular weight excluding hydrogens is 304 g/mol. The number of nitrogens with zero attached hydrogens (tertiary/aromatic N) is 2. The molecule has 0 atom stereocenters. The minimum atomic E-state index is 0.635. The molecule has 0 unspecified atom stereocenters. The maximum atomic E-state index is 5.97. The molecule has 112 valence electrons. The van der Waals surface area contributed by atoms with Gasteiger partial charge in [0.25, 0.3) is 0 Å². The van der Waals surface area contributed by atoms with Gasteiger partial charge in [-0.3, -0.25) is 4.68 Å². The Morgan fingerprint density at radius 1 is 1.38 bits per heavy atom. The van der Waals surface area contributed by atoms with Crippen molar-refractivity contribution in [2.24, 2.45) is 0 Å². The van der Waals surface area contributed by atoms with Crippen molar-refractivity contribution in [3.63, 3.8) is 0 Å². The van der Waals surface area contributed by atoms with Crippen LogP contribution in [0.2, 0.25) is 5.02 Å². The maximum Gasteiger partial charge on any atom is 0.170 e. The fraction of sp³-hybridized carbons (Fsp3) is 0.333. The number of aryl methyl sites for hydroxylation is 2. The Morgan fingerprint density at radius 2 is 2.19 bits per heavy atom. The third-order valence-corrected chi connectivity index (χ3v) is 3.77. The molecule has 1 heterocycles. The van der Waals surface area contributed by atoms with E-state index in [-0.39, 0.29) is 0 Å². The molecule has 2 rings (SSSR count). The Morgan fingerprint density at radius 3 is 2.86 bits per heavy atom. The number of hydrogen-bond donors (Lipinski definition) is 2. The van der Waals surface area contributed by atoms with Crippen molar-refractivity contribution in [3.05, 3.63) is 46.7 Å². The summed E-state index contributed by atoms with van der Waals surface area (Å²) in [5.41, 5.74) is 3.20. The summed E-state index contributed by atoms with van der Waals surface area (Å²) in [5.74, 6) is 0. The average molecular weight is 323 g/mol. The lowest BCUT2D eigenvalue weighted by molar-refractivity contribution is 0.561. The lowest BCUT2D eigenvalue weighted by Gasteiger charge is -2.11. The summed E-state index contributed by atoms with van der Waals surface area (Å²) in [4.78, 5) is 0. The highest BCUT2D eigenvalue weighted by atomic mass is 35.5. The second-order valence-corrected chi connectivity index (χ2v) is 5.72. The fourth-order valence-corrected chi connectivity index (χ4v) is 2.34. The van der Waals surface area contributed by atoms with Crippen LogP contribution in [0.25, 0.3) is 0 Å². The van der Waals surface area contributed by atoms with Crippen molar-refractivity contribution in [1.29, 1.82) is 0 Å². The average Bonchev–Trinajstić information content (AvgIpc) is 2.75. The molecule has 0 spiro atoms. The van der Waals surface area contributed by atoms with Gasteiger partial charge < -0.3 is 10.6 Å². The van der Waals surface area contributed by atoms with E-state index in [1.165, 1.54) is 5.56 Å². The van der Waals surface area contributed by atoms with Gasteiger partial charge in [-0.15, -0.1) is 0 Å². The predicted molar refractivity (Wildman–Crippen MR) is 92.0 cm³/mol. The zero-order chi connectivity index (χ0) is 15.2. The highest BCUT2D eigenvalue weighted by Gasteiger charge is 2.03. The van der Waals surface area contributed by atoms with Crippen molar-refractivity contribution in [2.75, 3.05) is 11.9 Å². The molecule has 0 aliphatic heterocycles. The molecule has 2 aromatic rings. The second-order valence-electron chi connectivity index (χ2n) is 4.90. The Balaban J connectivity index is 1.71. The van der Waals surface area contributed by atoms with Crippen molar-refractivity contribution < 1.29 is 0 Å². The van der Waals surface area contributed by atoms with E-state index >= 15 is 0 Å². The normalized spacial score (nSPS) is 10.4. The Bertz CT molecular complexity index is 624. The van der Waals surface area contributed by atoms with Crippen LogP contribution in [-0.2, 0) is 6.54 Å². The largest absolute Gasteiger partial charge is 0.362 e. The van der Waals surface area contributed by atoms with Gasteiger partial charge in [0.05, 0.1) is 16.9 Å². The van der Waals surface area contributed by atoms with Gasteiger partial charge in [0, 0.05) is 18.8 Å². The first-order chi connectivity index (χ1) is 10.1. The van der Waals surface area contributed by atoms with Gasteiger partial charge in [0.2, 0.25) is 0 Å². The predicted octanol–water partition coefficient (Wildman–Crippen LogP) is 3.53. The van der Waals surface area contributed by atoms with Gasteiger partial charge in [0.1, 0.15) is 0 Å². The first kappa shape index (κ1) is 15.8. The molecule has 0 saturated heterocycles. The quantitative estimate of drug-likeness (QED) is 0.653. The topological polar surface area (TPSA) is 41.9 Å². The van der Waals surface area contributed by atoms with Gasteiger partial charge in [0.15, 0.2) is 5.11 Å². The van der Waals surface area contributed by atoms with Crippen LogP contribution < -0.4 is 10.6 Å². The highest BCUT2D eigenvalue weighted by Crippen LogP contribution is 2.13. The molecule has 0 bridgehead atoms. The van der Waals surface area contributed by atoms with Crippen LogP contribution in [0.15, 0.2) is 30.5 Å². The van der Waals surface area contributed by atoms with Crippen LogP contribution in [0.4, 0.5) is 5.69 Å². The number of rotatable bonds is 5. The molecular formula is C15H19ClN4S. The van der Waals surface area contributed by atoms with Crippen LogP contribution in [0.5, 0.6) is 0 Å². The van der Waals surface area contributed by atoms with Gasteiger partial charge >= 0.3 is 0 Å². The molecule has 1 aromatic heterocycles. The van der Waals surface area contributed by atoms with Crippen LogP contribution in [0.3, 0.4) is 0 Å². The summed E-state index contributed by atoms with van der Waals surface area (Å²) >= 11 is 11.2.